The number of Topliss-reactive ketones (excluding diaryl/α,β-unsaturated/α-hetero) is 1. The lowest BCUT2D eigenvalue weighted by molar-refractivity contribution is -0.125. The number of sulfonamides is 1. The van der Waals surface area contributed by atoms with Gasteiger partial charge in [-0.25, -0.2) is 8.42 Å². The van der Waals surface area contributed by atoms with Gasteiger partial charge in [0.1, 0.15) is 5.78 Å². The molecule has 0 bridgehead atoms. The minimum absolute atomic E-state index is 0.0406. The van der Waals surface area contributed by atoms with Crippen molar-refractivity contribution in [2.24, 2.45) is 11.8 Å². The van der Waals surface area contributed by atoms with Gasteiger partial charge in [-0.3, -0.25) is 4.79 Å². The largest absolute Gasteiger partial charge is 0.299 e. The van der Waals surface area contributed by atoms with E-state index in [1.807, 2.05) is 26.0 Å². The number of carbonyl (C=O) groups is 1. The molecule has 1 aliphatic heterocycles. The number of ketones is 1. The molecule has 0 radical (unpaired) electrons. The first kappa shape index (κ1) is 20.5. The fourth-order valence-electron chi connectivity index (χ4n) is 4.67. The average Bonchev–Trinajstić information content (AvgIpc) is 2.90. The molecule has 1 saturated carbocycles. The SMILES string of the molecule is Cc1ccc(S(=O)(=O)N2CCC(C(=O)CC3CCCCCC3)CC2)c(C)c1. The molecule has 27 heavy (non-hydrogen) atoms. The van der Waals surface area contributed by atoms with E-state index < -0.39 is 10.0 Å². The zero-order chi connectivity index (χ0) is 19.4. The third-order valence-electron chi connectivity index (χ3n) is 6.32. The highest BCUT2D eigenvalue weighted by molar-refractivity contribution is 7.89. The zero-order valence-corrected chi connectivity index (χ0v) is 17.6. The van der Waals surface area contributed by atoms with Crippen LogP contribution in [0.25, 0.3) is 0 Å². The molecule has 1 aliphatic carbocycles. The summed E-state index contributed by atoms with van der Waals surface area (Å²) in [4.78, 5) is 13.1. The van der Waals surface area contributed by atoms with Crippen molar-refractivity contribution in [3.05, 3.63) is 29.3 Å². The van der Waals surface area contributed by atoms with Crippen LogP contribution in [0.4, 0.5) is 0 Å². The van der Waals surface area contributed by atoms with Crippen LogP contribution in [0.3, 0.4) is 0 Å². The molecular weight excluding hydrogens is 358 g/mol. The maximum absolute atomic E-state index is 13.0. The van der Waals surface area contributed by atoms with Crippen molar-refractivity contribution in [2.75, 3.05) is 13.1 Å². The number of hydrogen-bond donors (Lipinski definition) is 0. The van der Waals surface area contributed by atoms with Gasteiger partial charge in [0.05, 0.1) is 4.90 Å². The molecule has 0 atom stereocenters. The van der Waals surface area contributed by atoms with Crippen LogP contribution in [0.1, 0.15) is 68.9 Å². The normalized spacial score (nSPS) is 21.1. The first-order valence-corrected chi connectivity index (χ1v) is 11.9. The van der Waals surface area contributed by atoms with Gasteiger partial charge in [0.25, 0.3) is 0 Å². The fourth-order valence-corrected chi connectivity index (χ4v) is 6.34. The predicted molar refractivity (Wildman–Crippen MR) is 108 cm³/mol. The standard InChI is InChI=1S/C22H33NO3S/c1-17-9-10-22(18(2)15-17)27(25,26)23-13-11-20(12-14-23)21(24)16-19-7-5-3-4-6-8-19/h9-10,15,19-20H,3-8,11-14,16H2,1-2H3. The lowest BCUT2D eigenvalue weighted by Gasteiger charge is -2.31. The average molecular weight is 392 g/mol. The summed E-state index contributed by atoms with van der Waals surface area (Å²) in [5.74, 6) is 0.959. The van der Waals surface area contributed by atoms with E-state index in [0.717, 1.165) is 11.1 Å². The minimum atomic E-state index is -3.47. The lowest BCUT2D eigenvalue weighted by Crippen LogP contribution is -2.40. The van der Waals surface area contributed by atoms with Crippen LogP contribution in [0, 0.1) is 25.7 Å². The maximum atomic E-state index is 13.0. The van der Waals surface area contributed by atoms with E-state index in [1.54, 1.807) is 10.4 Å². The van der Waals surface area contributed by atoms with Crippen molar-refractivity contribution in [1.29, 1.82) is 0 Å². The van der Waals surface area contributed by atoms with Crippen molar-refractivity contribution in [3.8, 4) is 0 Å². The Labute approximate surface area is 164 Å². The van der Waals surface area contributed by atoms with Crippen LogP contribution < -0.4 is 0 Å². The quantitative estimate of drug-likeness (QED) is 0.688. The summed E-state index contributed by atoms with van der Waals surface area (Å²) in [5, 5.41) is 0. The summed E-state index contributed by atoms with van der Waals surface area (Å²) >= 11 is 0. The molecule has 1 saturated heterocycles. The number of nitrogens with zero attached hydrogens (tertiary/aromatic N) is 1. The second kappa shape index (κ2) is 8.87. The molecule has 150 valence electrons. The minimum Gasteiger partial charge on any atom is -0.299 e. The fraction of sp³-hybridized carbons (Fsp3) is 0.682. The molecule has 1 heterocycles. The van der Waals surface area contributed by atoms with Crippen LogP contribution >= 0.6 is 0 Å². The Hall–Kier alpha value is -1.20. The van der Waals surface area contributed by atoms with Gasteiger partial charge >= 0.3 is 0 Å². The van der Waals surface area contributed by atoms with Gasteiger partial charge in [-0.2, -0.15) is 4.31 Å². The van der Waals surface area contributed by atoms with Gasteiger partial charge in [-0.15, -0.1) is 0 Å². The third-order valence-corrected chi connectivity index (χ3v) is 8.38. The molecule has 5 heteroatoms. The highest BCUT2D eigenvalue weighted by Crippen LogP contribution is 2.30. The van der Waals surface area contributed by atoms with E-state index in [2.05, 4.69) is 0 Å². The zero-order valence-electron chi connectivity index (χ0n) is 16.7. The molecule has 0 amide bonds. The van der Waals surface area contributed by atoms with E-state index in [1.165, 1.54) is 38.5 Å². The lowest BCUT2D eigenvalue weighted by atomic mass is 9.85. The van der Waals surface area contributed by atoms with Crippen molar-refractivity contribution >= 4 is 15.8 Å². The number of benzene rings is 1. The molecule has 4 nitrogen and oxygen atoms in total. The summed E-state index contributed by atoms with van der Waals surface area (Å²) in [5.41, 5.74) is 1.86. The molecule has 2 fully saturated rings. The van der Waals surface area contributed by atoms with E-state index >= 15 is 0 Å². The van der Waals surface area contributed by atoms with E-state index in [0.29, 0.717) is 48.9 Å². The monoisotopic (exact) mass is 391 g/mol. The third kappa shape index (κ3) is 5.00. The van der Waals surface area contributed by atoms with E-state index in [4.69, 9.17) is 0 Å². The first-order chi connectivity index (χ1) is 12.9. The Kier molecular flexibility index (Phi) is 6.74. The van der Waals surface area contributed by atoms with Gasteiger partial charge in [0.15, 0.2) is 0 Å². The second-order valence-electron chi connectivity index (χ2n) is 8.48. The molecule has 1 aromatic rings. The predicted octanol–water partition coefficient (Wildman–Crippen LogP) is 4.63. The Morgan fingerprint density at radius 2 is 1.63 bits per heavy atom. The highest BCUT2D eigenvalue weighted by atomic mass is 32.2. The van der Waals surface area contributed by atoms with Crippen LogP contribution in [0.2, 0.25) is 0 Å². The van der Waals surface area contributed by atoms with Crippen molar-refractivity contribution in [1.82, 2.24) is 4.31 Å². The van der Waals surface area contributed by atoms with Crippen molar-refractivity contribution < 1.29 is 13.2 Å². The molecule has 3 rings (SSSR count). The molecule has 0 unspecified atom stereocenters. The van der Waals surface area contributed by atoms with Crippen LogP contribution in [0.15, 0.2) is 23.1 Å². The van der Waals surface area contributed by atoms with Crippen LogP contribution in [0.5, 0.6) is 0 Å². The highest BCUT2D eigenvalue weighted by Gasteiger charge is 2.33. The second-order valence-corrected chi connectivity index (χ2v) is 10.4. The number of carbonyl (C=O) groups excluding carboxylic acids is 1. The van der Waals surface area contributed by atoms with E-state index in [-0.39, 0.29) is 5.92 Å². The van der Waals surface area contributed by atoms with Gasteiger partial charge in [0.2, 0.25) is 10.0 Å². The smallest absolute Gasteiger partial charge is 0.243 e. The molecular formula is C22H33NO3S. The molecule has 0 aromatic heterocycles. The Balaban J connectivity index is 1.58. The van der Waals surface area contributed by atoms with Gasteiger partial charge in [0, 0.05) is 25.4 Å². The summed E-state index contributed by atoms with van der Waals surface area (Å²) in [6.45, 7) is 4.73. The first-order valence-electron chi connectivity index (χ1n) is 10.5. The van der Waals surface area contributed by atoms with Gasteiger partial charge in [-0.05, 0) is 44.2 Å². The summed E-state index contributed by atoms with van der Waals surface area (Å²) in [7, 11) is -3.47. The summed E-state index contributed by atoms with van der Waals surface area (Å²) < 4.78 is 27.6. The Bertz CT molecular complexity index is 756. The number of aryl methyl sites for hydroxylation is 2. The van der Waals surface area contributed by atoms with Crippen LogP contribution in [-0.2, 0) is 14.8 Å². The number of rotatable bonds is 5. The van der Waals surface area contributed by atoms with Gasteiger partial charge in [-0.1, -0.05) is 56.2 Å². The number of hydrogen-bond acceptors (Lipinski definition) is 3. The molecule has 0 spiro atoms. The maximum Gasteiger partial charge on any atom is 0.243 e. The van der Waals surface area contributed by atoms with Crippen LogP contribution in [-0.4, -0.2) is 31.6 Å². The molecule has 0 N–H and O–H groups in total. The Morgan fingerprint density at radius 3 is 2.22 bits per heavy atom. The summed E-state index contributed by atoms with van der Waals surface area (Å²) in [6, 6.07) is 5.47. The van der Waals surface area contributed by atoms with Gasteiger partial charge < -0.3 is 0 Å². The molecule has 1 aromatic carbocycles. The van der Waals surface area contributed by atoms with E-state index in [9.17, 15) is 13.2 Å². The Morgan fingerprint density at radius 1 is 1.00 bits per heavy atom. The van der Waals surface area contributed by atoms with Crippen molar-refractivity contribution in [3.63, 3.8) is 0 Å². The number of piperidine rings is 1. The molecule has 2 aliphatic rings. The van der Waals surface area contributed by atoms with Crippen molar-refractivity contribution in [2.45, 2.75) is 76.5 Å². The summed E-state index contributed by atoms with van der Waals surface area (Å²) in [6.07, 6.45) is 9.52. The topological polar surface area (TPSA) is 54.5 Å².